The topological polar surface area (TPSA) is 84.2 Å². The van der Waals surface area contributed by atoms with Crippen molar-refractivity contribution in [3.05, 3.63) is 65.2 Å². The molecule has 0 atom stereocenters. The average molecular weight is 283 g/mol. The Balaban J connectivity index is 2.31. The molecule has 0 bridgehead atoms. The van der Waals surface area contributed by atoms with Crippen LogP contribution in [0.1, 0.15) is 33.2 Å². The van der Waals surface area contributed by atoms with Crippen LogP contribution in [0.15, 0.2) is 48.5 Å². The SMILES string of the molecule is CCc1ccccc1NC(=O)c1ccccc1C(=O)NN. The minimum absolute atomic E-state index is 0.242. The predicted octanol–water partition coefficient (Wildman–Crippen LogP) is 2.10. The summed E-state index contributed by atoms with van der Waals surface area (Å²) in [7, 11) is 0. The number of carbonyl (C=O) groups is 2. The van der Waals surface area contributed by atoms with Gasteiger partial charge in [-0.15, -0.1) is 0 Å². The third-order valence-corrected chi connectivity index (χ3v) is 3.19. The van der Waals surface area contributed by atoms with Gasteiger partial charge in [-0.3, -0.25) is 15.0 Å². The van der Waals surface area contributed by atoms with Gasteiger partial charge in [0.25, 0.3) is 11.8 Å². The summed E-state index contributed by atoms with van der Waals surface area (Å²) < 4.78 is 0. The maximum atomic E-state index is 12.4. The number of para-hydroxylation sites is 1. The highest BCUT2D eigenvalue weighted by atomic mass is 16.2. The lowest BCUT2D eigenvalue weighted by Crippen LogP contribution is -2.32. The molecule has 5 heteroatoms. The van der Waals surface area contributed by atoms with E-state index in [1.807, 2.05) is 36.6 Å². The number of nitrogen functional groups attached to an aromatic ring is 1. The van der Waals surface area contributed by atoms with Crippen LogP contribution in [0.2, 0.25) is 0 Å². The van der Waals surface area contributed by atoms with E-state index in [0.717, 1.165) is 17.7 Å². The first-order chi connectivity index (χ1) is 10.2. The molecule has 2 aromatic carbocycles. The van der Waals surface area contributed by atoms with Crippen molar-refractivity contribution in [1.29, 1.82) is 0 Å². The van der Waals surface area contributed by atoms with Crippen molar-refractivity contribution in [3.63, 3.8) is 0 Å². The maximum Gasteiger partial charge on any atom is 0.265 e. The fourth-order valence-electron chi connectivity index (χ4n) is 2.10. The summed E-state index contributed by atoms with van der Waals surface area (Å²) in [4.78, 5) is 24.1. The molecule has 0 spiro atoms. The van der Waals surface area contributed by atoms with Gasteiger partial charge in [0.05, 0.1) is 11.1 Å². The summed E-state index contributed by atoms with van der Waals surface area (Å²) in [5.41, 5.74) is 4.35. The second-order valence-corrected chi connectivity index (χ2v) is 4.48. The molecule has 0 saturated heterocycles. The van der Waals surface area contributed by atoms with Gasteiger partial charge in [0.2, 0.25) is 0 Å². The van der Waals surface area contributed by atoms with Crippen molar-refractivity contribution < 1.29 is 9.59 Å². The normalized spacial score (nSPS) is 10.0. The highest BCUT2D eigenvalue weighted by Gasteiger charge is 2.16. The molecule has 2 aromatic rings. The fraction of sp³-hybridized carbons (Fsp3) is 0.125. The molecule has 2 rings (SSSR count). The number of aryl methyl sites for hydroxylation is 1. The Morgan fingerprint density at radius 3 is 2.14 bits per heavy atom. The summed E-state index contributed by atoms with van der Waals surface area (Å²) in [5, 5.41) is 2.84. The molecular formula is C16H17N3O2. The zero-order valence-corrected chi connectivity index (χ0v) is 11.7. The molecule has 4 N–H and O–H groups in total. The van der Waals surface area contributed by atoms with Crippen LogP contribution in [-0.2, 0) is 6.42 Å². The van der Waals surface area contributed by atoms with Crippen molar-refractivity contribution in [1.82, 2.24) is 5.43 Å². The summed E-state index contributed by atoms with van der Waals surface area (Å²) in [6.07, 6.45) is 0.807. The number of benzene rings is 2. The van der Waals surface area contributed by atoms with E-state index in [4.69, 9.17) is 5.84 Å². The highest BCUT2D eigenvalue weighted by molar-refractivity contribution is 6.12. The Bertz CT molecular complexity index is 668. The van der Waals surface area contributed by atoms with E-state index in [1.165, 1.54) is 0 Å². The lowest BCUT2D eigenvalue weighted by molar-refractivity contribution is 0.0940. The highest BCUT2D eigenvalue weighted by Crippen LogP contribution is 2.18. The van der Waals surface area contributed by atoms with Crippen molar-refractivity contribution in [2.45, 2.75) is 13.3 Å². The van der Waals surface area contributed by atoms with Gasteiger partial charge in [-0.25, -0.2) is 5.84 Å². The number of carbonyl (C=O) groups excluding carboxylic acids is 2. The first kappa shape index (κ1) is 14.7. The third kappa shape index (κ3) is 3.27. The Morgan fingerprint density at radius 2 is 1.52 bits per heavy atom. The largest absolute Gasteiger partial charge is 0.322 e. The number of nitrogens with one attached hydrogen (secondary N) is 2. The predicted molar refractivity (Wildman–Crippen MR) is 81.9 cm³/mol. The number of hydrogen-bond acceptors (Lipinski definition) is 3. The molecule has 0 aliphatic heterocycles. The average Bonchev–Trinajstić information content (AvgIpc) is 2.54. The van der Waals surface area contributed by atoms with Gasteiger partial charge in [0.15, 0.2) is 0 Å². The van der Waals surface area contributed by atoms with Crippen LogP contribution in [0.25, 0.3) is 0 Å². The summed E-state index contributed by atoms with van der Waals surface area (Å²) in [6, 6.07) is 14.1. The van der Waals surface area contributed by atoms with Crippen LogP contribution < -0.4 is 16.6 Å². The van der Waals surface area contributed by atoms with Gasteiger partial charge in [-0.2, -0.15) is 0 Å². The number of rotatable bonds is 4. The van der Waals surface area contributed by atoms with E-state index < -0.39 is 5.91 Å². The van der Waals surface area contributed by atoms with E-state index in [0.29, 0.717) is 0 Å². The van der Waals surface area contributed by atoms with E-state index >= 15 is 0 Å². The van der Waals surface area contributed by atoms with Crippen molar-refractivity contribution in [2.24, 2.45) is 5.84 Å². The fourth-order valence-corrected chi connectivity index (χ4v) is 2.10. The molecule has 108 valence electrons. The molecule has 0 aliphatic rings. The second-order valence-electron chi connectivity index (χ2n) is 4.48. The number of amides is 2. The lowest BCUT2D eigenvalue weighted by Gasteiger charge is -2.11. The van der Waals surface area contributed by atoms with E-state index in [2.05, 4.69) is 5.32 Å². The zero-order valence-electron chi connectivity index (χ0n) is 11.7. The smallest absolute Gasteiger partial charge is 0.265 e. The van der Waals surface area contributed by atoms with Gasteiger partial charge in [0.1, 0.15) is 0 Å². The molecule has 21 heavy (non-hydrogen) atoms. The van der Waals surface area contributed by atoms with Gasteiger partial charge in [-0.05, 0) is 30.2 Å². The quantitative estimate of drug-likeness (QED) is 0.456. The first-order valence-electron chi connectivity index (χ1n) is 6.66. The van der Waals surface area contributed by atoms with Crippen molar-refractivity contribution in [3.8, 4) is 0 Å². The molecule has 0 radical (unpaired) electrons. The second kappa shape index (κ2) is 6.67. The Kier molecular flexibility index (Phi) is 4.68. The molecule has 5 nitrogen and oxygen atoms in total. The maximum absolute atomic E-state index is 12.4. The van der Waals surface area contributed by atoms with E-state index in [9.17, 15) is 9.59 Å². The molecule has 0 unspecified atom stereocenters. The molecule has 0 fully saturated rings. The van der Waals surface area contributed by atoms with Crippen molar-refractivity contribution >= 4 is 17.5 Å². The molecule has 0 aliphatic carbocycles. The molecule has 0 saturated carbocycles. The van der Waals surface area contributed by atoms with E-state index in [1.54, 1.807) is 24.3 Å². The lowest BCUT2D eigenvalue weighted by atomic mass is 10.1. The number of hydrazine groups is 1. The van der Waals surface area contributed by atoms with Gasteiger partial charge in [-0.1, -0.05) is 37.3 Å². The van der Waals surface area contributed by atoms with Crippen LogP contribution in [0, 0.1) is 0 Å². The first-order valence-corrected chi connectivity index (χ1v) is 6.66. The van der Waals surface area contributed by atoms with Crippen LogP contribution >= 0.6 is 0 Å². The Hall–Kier alpha value is -2.66. The molecule has 0 aromatic heterocycles. The van der Waals surface area contributed by atoms with Crippen LogP contribution in [0.3, 0.4) is 0 Å². The third-order valence-electron chi connectivity index (χ3n) is 3.19. The number of hydrogen-bond donors (Lipinski definition) is 3. The standard InChI is InChI=1S/C16H17N3O2/c1-2-11-7-3-6-10-14(11)18-15(20)12-8-4-5-9-13(12)16(21)19-17/h3-10H,2,17H2,1H3,(H,18,20)(H,19,21). The van der Waals surface area contributed by atoms with Gasteiger partial charge < -0.3 is 5.32 Å². The summed E-state index contributed by atoms with van der Waals surface area (Å²) >= 11 is 0. The van der Waals surface area contributed by atoms with Crippen LogP contribution in [0.5, 0.6) is 0 Å². The summed E-state index contributed by atoms with van der Waals surface area (Å²) in [6.45, 7) is 2.01. The molecular weight excluding hydrogens is 266 g/mol. The van der Waals surface area contributed by atoms with Crippen molar-refractivity contribution in [2.75, 3.05) is 5.32 Å². The molecule has 2 amide bonds. The number of anilines is 1. The van der Waals surface area contributed by atoms with Gasteiger partial charge in [0, 0.05) is 5.69 Å². The van der Waals surface area contributed by atoms with Gasteiger partial charge >= 0.3 is 0 Å². The van der Waals surface area contributed by atoms with E-state index in [-0.39, 0.29) is 17.0 Å². The number of nitrogens with two attached hydrogens (primary N) is 1. The minimum atomic E-state index is -0.496. The summed E-state index contributed by atoms with van der Waals surface area (Å²) in [5.74, 6) is 4.31. The Morgan fingerprint density at radius 1 is 0.952 bits per heavy atom. The zero-order chi connectivity index (χ0) is 15.2. The van der Waals surface area contributed by atoms with Crippen LogP contribution in [-0.4, -0.2) is 11.8 Å². The van der Waals surface area contributed by atoms with Crippen LogP contribution in [0.4, 0.5) is 5.69 Å². The minimum Gasteiger partial charge on any atom is -0.322 e. The Labute approximate surface area is 123 Å². The molecule has 0 heterocycles. The monoisotopic (exact) mass is 283 g/mol.